The smallest absolute Gasteiger partial charge is 0.235 e. The largest absolute Gasteiger partial charge is 0.504 e. The van der Waals surface area contributed by atoms with Crippen LogP contribution < -0.4 is 10.1 Å². The molecule has 158 valence electrons. The van der Waals surface area contributed by atoms with Gasteiger partial charge in [-0.25, -0.2) is 4.98 Å². The Hall–Kier alpha value is -3.04. The first-order valence-electron chi connectivity index (χ1n) is 9.87. The van der Waals surface area contributed by atoms with Crippen LogP contribution in [-0.4, -0.2) is 38.1 Å². The van der Waals surface area contributed by atoms with E-state index in [4.69, 9.17) is 14.8 Å². The topological polar surface area (TPSA) is 89.3 Å². The van der Waals surface area contributed by atoms with Gasteiger partial charge in [-0.2, -0.15) is 9.78 Å². The number of fused-ring (bicyclic) bond motifs is 2. The fourth-order valence-corrected chi connectivity index (χ4v) is 5.80. The predicted molar refractivity (Wildman–Crippen MR) is 124 cm³/mol. The molecule has 9 heteroatoms. The number of aryl methyl sites for hydroxylation is 1. The van der Waals surface area contributed by atoms with Gasteiger partial charge in [0, 0.05) is 5.56 Å². The number of thioether (sulfide) groups is 1. The summed E-state index contributed by atoms with van der Waals surface area (Å²) < 4.78 is 8.37. The minimum atomic E-state index is -0.142. The van der Waals surface area contributed by atoms with Crippen molar-refractivity contribution in [2.24, 2.45) is 0 Å². The number of amides is 1. The molecule has 1 aliphatic heterocycles. The second-order valence-corrected chi connectivity index (χ2v) is 9.23. The number of para-hydroxylation sites is 1. The number of nitrogens with one attached hydrogen (secondary N) is 1. The minimum Gasteiger partial charge on any atom is -0.504 e. The number of phenols is 1. The Balaban J connectivity index is 1.66. The maximum atomic E-state index is 12.6. The van der Waals surface area contributed by atoms with E-state index in [-0.39, 0.29) is 16.9 Å². The molecule has 4 aromatic rings. The van der Waals surface area contributed by atoms with Gasteiger partial charge in [0.2, 0.25) is 11.0 Å². The molecule has 5 rings (SSSR count). The number of benzene rings is 2. The zero-order valence-corrected chi connectivity index (χ0v) is 18.6. The standard InChI is InChI=1S/C22H20N4O3S2/c1-3-29-16-10-13(8-9-15(16)27)20-19-12(2)25-26(21(19)24-18(28)11-30-20)22-23-14-6-4-5-7-17(14)31-22/h4-10,20,27H,3,11H2,1-2H3,(H,24,28)/t20-/m0/s1. The predicted octanol–water partition coefficient (Wildman–Crippen LogP) is 4.67. The number of anilines is 1. The third-order valence-corrected chi connectivity index (χ3v) is 7.34. The summed E-state index contributed by atoms with van der Waals surface area (Å²) in [7, 11) is 0. The SMILES string of the molecule is CCOc1cc([C@@H]2SCC(=O)Nc3c2c(C)nn3-c2nc3ccccc3s2)ccc1O. The monoisotopic (exact) mass is 452 g/mol. The molecule has 2 aromatic carbocycles. The molecule has 1 aliphatic rings. The van der Waals surface area contributed by atoms with Gasteiger partial charge in [0.15, 0.2) is 11.5 Å². The molecule has 2 N–H and O–H groups in total. The van der Waals surface area contributed by atoms with Gasteiger partial charge in [0.1, 0.15) is 5.82 Å². The van der Waals surface area contributed by atoms with Crippen molar-refractivity contribution in [3.05, 3.63) is 59.3 Å². The van der Waals surface area contributed by atoms with Crippen LogP contribution in [0.2, 0.25) is 0 Å². The fraction of sp³-hybridized carbons (Fsp3) is 0.227. The van der Waals surface area contributed by atoms with Crippen molar-refractivity contribution in [1.29, 1.82) is 0 Å². The number of carbonyl (C=O) groups excluding carboxylic acids is 1. The van der Waals surface area contributed by atoms with E-state index in [1.54, 1.807) is 10.7 Å². The number of thiazole rings is 1. The molecule has 0 saturated heterocycles. The lowest BCUT2D eigenvalue weighted by atomic mass is 10.0. The highest BCUT2D eigenvalue weighted by atomic mass is 32.2. The van der Waals surface area contributed by atoms with E-state index < -0.39 is 0 Å². The molecule has 0 bridgehead atoms. The summed E-state index contributed by atoms with van der Waals surface area (Å²) in [6, 6.07) is 13.3. The van der Waals surface area contributed by atoms with Crippen LogP contribution >= 0.6 is 23.1 Å². The van der Waals surface area contributed by atoms with Crippen molar-refractivity contribution in [2.45, 2.75) is 19.1 Å². The Kier molecular flexibility index (Phi) is 5.07. The molecule has 0 aliphatic carbocycles. The molecule has 0 fully saturated rings. The molecule has 3 heterocycles. The van der Waals surface area contributed by atoms with E-state index in [1.165, 1.54) is 23.1 Å². The van der Waals surface area contributed by atoms with Crippen molar-refractivity contribution in [1.82, 2.24) is 14.8 Å². The highest BCUT2D eigenvalue weighted by Crippen LogP contribution is 2.45. The number of aromatic nitrogens is 3. The first-order chi connectivity index (χ1) is 15.0. The van der Waals surface area contributed by atoms with Crippen molar-refractivity contribution < 1.29 is 14.6 Å². The third kappa shape index (κ3) is 3.53. The molecule has 1 atom stereocenters. The Labute approximate surface area is 187 Å². The van der Waals surface area contributed by atoms with E-state index >= 15 is 0 Å². The number of aromatic hydroxyl groups is 1. The van der Waals surface area contributed by atoms with Gasteiger partial charge < -0.3 is 15.2 Å². The summed E-state index contributed by atoms with van der Waals surface area (Å²) in [4.78, 5) is 17.3. The van der Waals surface area contributed by atoms with Crippen LogP contribution in [0.4, 0.5) is 5.82 Å². The van der Waals surface area contributed by atoms with E-state index in [9.17, 15) is 9.90 Å². The van der Waals surface area contributed by atoms with Gasteiger partial charge in [0.05, 0.1) is 33.5 Å². The van der Waals surface area contributed by atoms with Crippen molar-refractivity contribution in [3.8, 4) is 16.6 Å². The van der Waals surface area contributed by atoms with E-state index in [0.29, 0.717) is 29.1 Å². The van der Waals surface area contributed by atoms with Crippen LogP contribution in [0.3, 0.4) is 0 Å². The maximum absolute atomic E-state index is 12.6. The summed E-state index contributed by atoms with van der Waals surface area (Å²) >= 11 is 3.06. The molecular weight excluding hydrogens is 432 g/mol. The van der Waals surface area contributed by atoms with Crippen LogP contribution in [0, 0.1) is 6.92 Å². The molecular formula is C22H20N4O3S2. The Bertz CT molecular complexity index is 1260. The van der Waals surface area contributed by atoms with Crippen LogP contribution in [0.5, 0.6) is 11.5 Å². The Morgan fingerprint density at radius 1 is 1.29 bits per heavy atom. The van der Waals surface area contributed by atoms with Gasteiger partial charge >= 0.3 is 0 Å². The lowest BCUT2D eigenvalue weighted by Crippen LogP contribution is -2.15. The zero-order valence-electron chi connectivity index (χ0n) is 17.0. The van der Waals surface area contributed by atoms with Crippen LogP contribution in [0.1, 0.15) is 29.0 Å². The van der Waals surface area contributed by atoms with Crippen LogP contribution in [0.25, 0.3) is 15.3 Å². The maximum Gasteiger partial charge on any atom is 0.235 e. The molecule has 31 heavy (non-hydrogen) atoms. The average Bonchev–Trinajstić information content (AvgIpc) is 3.26. The number of hydrogen-bond donors (Lipinski definition) is 2. The van der Waals surface area contributed by atoms with Crippen molar-refractivity contribution in [3.63, 3.8) is 0 Å². The summed E-state index contributed by atoms with van der Waals surface area (Å²) in [6.45, 7) is 4.27. The highest BCUT2D eigenvalue weighted by molar-refractivity contribution is 8.00. The number of hydrogen-bond acceptors (Lipinski definition) is 7. The summed E-state index contributed by atoms with van der Waals surface area (Å²) in [5.74, 6) is 1.40. The lowest BCUT2D eigenvalue weighted by molar-refractivity contribution is -0.113. The Morgan fingerprint density at radius 3 is 2.94 bits per heavy atom. The van der Waals surface area contributed by atoms with Crippen molar-refractivity contribution >= 4 is 45.0 Å². The Morgan fingerprint density at radius 2 is 2.13 bits per heavy atom. The first kappa shape index (κ1) is 19.9. The number of carbonyl (C=O) groups is 1. The van der Waals surface area contributed by atoms with E-state index in [1.807, 2.05) is 50.2 Å². The normalized spacial score (nSPS) is 16.1. The molecule has 0 spiro atoms. The highest BCUT2D eigenvalue weighted by Gasteiger charge is 2.31. The molecule has 0 saturated carbocycles. The second-order valence-electron chi connectivity index (χ2n) is 7.12. The summed E-state index contributed by atoms with van der Waals surface area (Å²) in [5, 5.41) is 18.5. The molecule has 7 nitrogen and oxygen atoms in total. The number of rotatable bonds is 4. The number of ether oxygens (including phenoxy) is 1. The third-order valence-electron chi connectivity index (χ3n) is 5.06. The van der Waals surface area contributed by atoms with Gasteiger partial charge in [-0.1, -0.05) is 29.5 Å². The van der Waals surface area contributed by atoms with Gasteiger partial charge in [0.25, 0.3) is 0 Å². The first-order valence-corrected chi connectivity index (χ1v) is 11.7. The second kappa shape index (κ2) is 7.90. The van der Waals surface area contributed by atoms with E-state index in [0.717, 1.165) is 27.0 Å². The average molecular weight is 453 g/mol. The van der Waals surface area contributed by atoms with Gasteiger partial charge in [-0.15, -0.1) is 11.8 Å². The molecule has 2 aromatic heterocycles. The summed E-state index contributed by atoms with van der Waals surface area (Å²) in [5.41, 5.74) is 3.59. The fourth-order valence-electron chi connectivity index (χ4n) is 3.70. The summed E-state index contributed by atoms with van der Waals surface area (Å²) in [6.07, 6.45) is 0. The molecule has 1 amide bonds. The lowest BCUT2D eigenvalue weighted by Gasteiger charge is -2.17. The minimum absolute atomic E-state index is 0.0835. The van der Waals surface area contributed by atoms with Crippen LogP contribution in [0.15, 0.2) is 42.5 Å². The molecule has 0 unspecified atom stereocenters. The zero-order chi connectivity index (χ0) is 21.5. The molecule has 0 radical (unpaired) electrons. The number of nitrogens with zero attached hydrogens (tertiary/aromatic N) is 3. The van der Waals surface area contributed by atoms with E-state index in [2.05, 4.69) is 5.32 Å². The van der Waals surface area contributed by atoms with Crippen molar-refractivity contribution in [2.75, 3.05) is 17.7 Å². The number of phenolic OH excluding ortho intramolecular Hbond substituents is 1. The van der Waals surface area contributed by atoms with Gasteiger partial charge in [-0.05, 0) is 43.7 Å². The quantitative estimate of drug-likeness (QED) is 0.468. The van der Waals surface area contributed by atoms with Crippen LogP contribution in [-0.2, 0) is 4.79 Å². The van der Waals surface area contributed by atoms with Gasteiger partial charge in [-0.3, -0.25) is 4.79 Å².